The number of hydrogen-bond donors (Lipinski definition) is 1. The van der Waals surface area contributed by atoms with E-state index in [2.05, 4.69) is 6.92 Å². The predicted octanol–water partition coefficient (Wildman–Crippen LogP) is 4.12. The van der Waals surface area contributed by atoms with E-state index in [0.29, 0.717) is 11.3 Å². The van der Waals surface area contributed by atoms with Crippen molar-refractivity contribution in [2.45, 2.75) is 26.1 Å². The molecule has 0 fully saturated rings. The molecule has 0 saturated heterocycles. The summed E-state index contributed by atoms with van der Waals surface area (Å²) in [6.07, 6.45) is 0.986. The molecule has 0 aliphatic heterocycles. The van der Waals surface area contributed by atoms with Crippen molar-refractivity contribution in [2.75, 3.05) is 0 Å². The molecule has 2 rings (SSSR count). The lowest BCUT2D eigenvalue weighted by Gasteiger charge is -2.20. The van der Waals surface area contributed by atoms with Gasteiger partial charge in [0.1, 0.15) is 5.75 Å². The van der Waals surface area contributed by atoms with Crippen LogP contribution in [0, 0.1) is 0 Å². The topological polar surface area (TPSA) is 55.8 Å². The van der Waals surface area contributed by atoms with Gasteiger partial charge in [-0.1, -0.05) is 61.9 Å². The fraction of sp³-hybridized carbons (Fsp3) is 0.250. The SMILES string of the molecule is CCCc1ccccc1OC(O[PH](=O)O)c1ccccc1. The fourth-order valence-electron chi connectivity index (χ4n) is 2.07. The van der Waals surface area contributed by atoms with Gasteiger partial charge >= 0.3 is 8.25 Å². The van der Waals surface area contributed by atoms with Crippen LogP contribution in [0.25, 0.3) is 0 Å². The normalized spacial score (nSPS) is 13.6. The Balaban J connectivity index is 2.25. The monoisotopic (exact) mass is 306 g/mol. The van der Waals surface area contributed by atoms with E-state index < -0.39 is 14.5 Å². The van der Waals surface area contributed by atoms with Gasteiger partial charge in [-0.3, -0.25) is 9.09 Å². The third-order valence-corrected chi connectivity index (χ3v) is 3.42. The predicted molar refractivity (Wildman–Crippen MR) is 82.6 cm³/mol. The van der Waals surface area contributed by atoms with E-state index in [1.54, 1.807) is 12.1 Å². The van der Waals surface area contributed by atoms with Crippen molar-refractivity contribution in [3.8, 4) is 5.75 Å². The summed E-state index contributed by atoms with van der Waals surface area (Å²) in [5, 5.41) is 0. The first kappa shape index (κ1) is 15.8. The van der Waals surface area contributed by atoms with Crippen molar-refractivity contribution in [2.24, 2.45) is 0 Å². The van der Waals surface area contributed by atoms with Crippen molar-refractivity contribution in [3.05, 3.63) is 65.7 Å². The zero-order valence-corrected chi connectivity index (χ0v) is 12.9. The molecule has 2 atom stereocenters. The van der Waals surface area contributed by atoms with Gasteiger partial charge in [-0.2, -0.15) is 0 Å². The Bertz CT molecular complexity index is 586. The molecule has 5 heteroatoms. The summed E-state index contributed by atoms with van der Waals surface area (Å²) in [6, 6.07) is 16.8. The van der Waals surface area contributed by atoms with Crippen LogP contribution in [-0.4, -0.2) is 4.89 Å². The minimum absolute atomic E-state index is 0.677. The van der Waals surface area contributed by atoms with E-state index in [0.717, 1.165) is 18.4 Å². The number of rotatable bonds is 7. The first-order valence-electron chi connectivity index (χ1n) is 6.89. The quantitative estimate of drug-likeness (QED) is 0.617. The van der Waals surface area contributed by atoms with Crippen molar-refractivity contribution in [1.29, 1.82) is 0 Å². The molecule has 0 saturated carbocycles. The first-order valence-corrected chi connectivity index (χ1v) is 8.16. The molecule has 0 spiro atoms. The van der Waals surface area contributed by atoms with E-state index in [9.17, 15) is 4.57 Å². The molecule has 4 nitrogen and oxygen atoms in total. The summed E-state index contributed by atoms with van der Waals surface area (Å²) in [4.78, 5) is 9.08. The van der Waals surface area contributed by atoms with Crippen LogP contribution < -0.4 is 4.74 Å². The maximum Gasteiger partial charge on any atom is 0.319 e. The minimum atomic E-state index is -3.10. The lowest BCUT2D eigenvalue weighted by Crippen LogP contribution is -2.10. The molecule has 0 heterocycles. The molecule has 2 unspecified atom stereocenters. The standard InChI is InChI=1S/C16H19O4P/c1-2-8-13-9-6-7-12-15(13)19-16(20-21(17)18)14-10-4-3-5-11-14/h3-7,9-12,16,21H,2,8H2,1H3,(H,17,18). The Labute approximate surface area is 125 Å². The summed E-state index contributed by atoms with van der Waals surface area (Å²) < 4.78 is 22.0. The van der Waals surface area contributed by atoms with Crippen LogP contribution in [0.5, 0.6) is 5.75 Å². The van der Waals surface area contributed by atoms with Gasteiger partial charge in [0.05, 0.1) is 0 Å². The summed E-state index contributed by atoms with van der Waals surface area (Å²) in [6.45, 7) is 2.09. The van der Waals surface area contributed by atoms with Crippen LogP contribution in [0.15, 0.2) is 54.6 Å². The molecule has 2 aromatic rings. The highest BCUT2D eigenvalue weighted by Crippen LogP contribution is 2.32. The molecule has 1 N–H and O–H groups in total. The smallest absolute Gasteiger partial charge is 0.319 e. The summed E-state index contributed by atoms with van der Waals surface area (Å²) in [5.41, 5.74) is 1.76. The van der Waals surface area contributed by atoms with E-state index in [4.69, 9.17) is 14.2 Å². The van der Waals surface area contributed by atoms with Gasteiger partial charge < -0.3 is 9.63 Å². The van der Waals surface area contributed by atoms with Crippen molar-refractivity contribution in [3.63, 3.8) is 0 Å². The summed E-state index contributed by atoms with van der Waals surface area (Å²) in [5.74, 6) is 0.677. The van der Waals surface area contributed by atoms with Crippen LogP contribution in [0.3, 0.4) is 0 Å². The highest BCUT2D eigenvalue weighted by atomic mass is 31.1. The number of para-hydroxylation sites is 1. The van der Waals surface area contributed by atoms with Gasteiger partial charge in [-0.05, 0) is 18.1 Å². The van der Waals surface area contributed by atoms with Gasteiger partial charge in [0.15, 0.2) is 0 Å². The Kier molecular flexibility index (Phi) is 6.00. The Hall–Kier alpha value is -1.61. The number of benzene rings is 2. The molecule has 112 valence electrons. The Morgan fingerprint density at radius 1 is 1.10 bits per heavy atom. The van der Waals surface area contributed by atoms with Gasteiger partial charge in [-0.25, -0.2) is 0 Å². The third-order valence-electron chi connectivity index (χ3n) is 3.01. The molecule has 0 aliphatic rings. The van der Waals surface area contributed by atoms with Crippen LogP contribution in [0.2, 0.25) is 0 Å². The molecule has 0 bridgehead atoms. The zero-order valence-electron chi connectivity index (χ0n) is 11.9. The molecular weight excluding hydrogens is 287 g/mol. The lowest BCUT2D eigenvalue weighted by atomic mass is 10.1. The molecular formula is C16H19O4P. The average molecular weight is 306 g/mol. The number of hydrogen-bond acceptors (Lipinski definition) is 3. The van der Waals surface area contributed by atoms with Gasteiger partial charge in [0, 0.05) is 5.56 Å². The summed E-state index contributed by atoms with van der Waals surface area (Å²) in [7, 11) is -3.10. The largest absolute Gasteiger partial charge is 0.460 e. The maximum absolute atomic E-state index is 11.1. The summed E-state index contributed by atoms with van der Waals surface area (Å²) >= 11 is 0. The van der Waals surface area contributed by atoms with Gasteiger partial charge in [-0.15, -0.1) is 0 Å². The zero-order chi connectivity index (χ0) is 15.1. The van der Waals surface area contributed by atoms with E-state index in [-0.39, 0.29) is 0 Å². The second-order valence-corrected chi connectivity index (χ2v) is 5.37. The molecule has 0 aromatic heterocycles. The fourth-order valence-corrected chi connectivity index (χ4v) is 2.44. The lowest BCUT2D eigenvalue weighted by molar-refractivity contribution is 0.00137. The Morgan fingerprint density at radius 3 is 2.43 bits per heavy atom. The average Bonchev–Trinajstić information content (AvgIpc) is 2.49. The molecule has 0 radical (unpaired) electrons. The van der Waals surface area contributed by atoms with Crippen molar-refractivity contribution in [1.82, 2.24) is 0 Å². The highest BCUT2D eigenvalue weighted by Gasteiger charge is 2.17. The van der Waals surface area contributed by atoms with Crippen LogP contribution >= 0.6 is 8.25 Å². The maximum atomic E-state index is 11.1. The van der Waals surface area contributed by atoms with E-state index >= 15 is 0 Å². The molecule has 2 aromatic carbocycles. The third kappa shape index (κ3) is 4.71. The number of ether oxygens (including phenoxy) is 1. The molecule has 0 amide bonds. The van der Waals surface area contributed by atoms with Crippen molar-refractivity contribution >= 4 is 8.25 Å². The van der Waals surface area contributed by atoms with E-state index in [1.165, 1.54) is 0 Å². The number of aryl methyl sites for hydroxylation is 1. The highest BCUT2D eigenvalue weighted by molar-refractivity contribution is 7.32. The van der Waals surface area contributed by atoms with Crippen LogP contribution in [-0.2, 0) is 15.5 Å². The van der Waals surface area contributed by atoms with E-state index in [1.807, 2.05) is 42.5 Å². The van der Waals surface area contributed by atoms with Gasteiger partial charge in [0.2, 0.25) is 6.29 Å². The van der Waals surface area contributed by atoms with Gasteiger partial charge in [0.25, 0.3) is 0 Å². The second-order valence-electron chi connectivity index (χ2n) is 4.60. The minimum Gasteiger partial charge on any atom is -0.460 e. The van der Waals surface area contributed by atoms with Crippen molar-refractivity contribution < 1.29 is 18.7 Å². The molecule has 21 heavy (non-hydrogen) atoms. The first-order chi connectivity index (χ1) is 10.2. The molecule has 0 aliphatic carbocycles. The Morgan fingerprint density at radius 2 is 1.76 bits per heavy atom. The second kappa shape index (κ2) is 7.99. The van der Waals surface area contributed by atoms with Crippen LogP contribution in [0.4, 0.5) is 0 Å². The van der Waals surface area contributed by atoms with Crippen LogP contribution in [0.1, 0.15) is 30.8 Å².